The largest absolute Gasteiger partial charge is 0.396 e. The van der Waals surface area contributed by atoms with Crippen LogP contribution in [-0.2, 0) is 6.42 Å². The highest BCUT2D eigenvalue weighted by Crippen LogP contribution is 2.36. The van der Waals surface area contributed by atoms with E-state index in [0.717, 1.165) is 23.5 Å². The van der Waals surface area contributed by atoms with E-state index < -0.39 is 0 Å². The molecule has 1 aromatic heterocycles. The fourth-order valence-corrected chi connectivity index (χ4v) is 3.20. The summed E-state index contributed by atoms with van der Waals surface area (Å²) in [5.74, 6) is 0.281. The van der Waals surface area contributed by atoms with Crippen LogP contribution in [0.25, 0.3) is 5.57 Å². The van der Waals surface area contributed by atoms with Gasteiger partial charge in [0.05, 0.1) is 12.3 Å². The van der Waals surface area contributed by atoms with Gasteiger partial charge in [-0.3, -0.25) is 0 Å². The van der Waals surface area contributed by atoms with Crippen LogP contribution < -0.4 is 0 Å². The minimum atomic E-state index is 0.241. The SMILES string of the molecule is C/C=C(\C)c1nc2c(s1)CCCC2CO. The van der Waals surface area contributed by atoms with Crippen molar-refractivity contribution in [2.75, 3.05) is 6.61 Å². The zero-order valence-electron chi connectivity index (χ0n) is 9.29. The number of thiazole rings is 1. The Labute approximate surface area is 94.7 Å². The second kappa shape index (κ2) is 4.45. The molecule has 3 heteroatoms. The number of aryl methyl sites for hydroxylation is 1. The van der Waals surface area contributed by atoms with Crippen molar-refractivity contribution in [2.45, 2.75) is 39.0 Å². The fraction of sp³-hybridized carbons (Fsp3) is 0.583. The summed E-state index contributed by atoms with van der Waals surface area (Å²) in [5.41, 5.74) is 2.40. The van der Waals surface area contributed by atoms with Gasteiger partial charge in [0.25, 0.3) is 0 Å². The van der Waals surface area contributed by atoms with Crippen LogP contribution in [0.2, 0.25) is 0 Å². The number of hydrogen-bond acceptors (Lipinski definition) is 3. The Hall–Kier alpha value is -0.670. The number of aliphatic hydroxyl groups is 1. The highest BCUT2D eigenvalue weighted by atomic mass is 32.1. The van der Waals surface area contributed by atoms with E-state index in [0.29, 0.717) is 0 Å². The number of aliphatic hydroxyl groups excluding tert-OH is 1. The summed E-state index contributed by atoms with van der Waals surface area (Å²) in [6, 6.07) is 0. The van der Waals surface area contributed by atoms with Crippen LogP contribution in [0.3, 0.4) is 0 Å². The Balaban J connectivity index is 2.37. The maximum Gasteiger partial charge on any atom is 0.119 e. The highest BCUT2D eigenvalue weighted by Gasteiger charge is 2.24. The van der Waals surface area contributed by atoms with Gasteiger partial charge in [0.2, 0.25) is 0 Å². The summed E-state index contributed by atoms with van der Waals surface area (Å²) < 4.78 is 0. The van der Waals surface area contributed by atoms with Crippen molar-refractivity contribution in [2.24, 2.45) is 0 Å². The molecule has 0 aliphatic heterocycles. The first-order valence-corrected chi connectivity index (χ1v) is 6.31. The molecule has 1 heterocycles. The van der Waals surface area contributed by atoms with Gasteiger partial charge in [-0.05, 0) is 38.7 Å². The lowest BCUT2D eigenvalue weighted by Gasteiger charge is -2.18. The van der Waals surface area contributed by atoms with E-state index in [9.17, 15) is 5.11 Å². The first-order chi connectivity index (χ1) is 7.26. The zero-order chi connectivity index (χ0) is 10.8. The van der Waals surface area contributed by atoms with E-state index in [1.807, 2.05) is 6.92 Å². The van der Waals surface area contributed by atoms with E-state index in [1.54, 1.807) is 11.3 Å². The summed E-state index contributed by atoms with van der Waals surface area (Å²) in [4.78, 5) is 6.05. The molecule has 1 aliphatic carbocycles. The van der Waals surface area contributed by atoms with Crippen molar-refractivity contribution in [3.63, 3.8) is 0 Å². The van der Waals surface area contributed by atoms with Gasteiger partial charge in [-0.1, -0.05) is 6.08 Å². The lowest BCUT2D eigenvalue weighted by Crippen LogP contribution is -2.11. The smallest absolute Gasteiger partial charge is 0.119 e. The van der Waals surface area contributed by atoms with Gasteiger partial charge < -0.3 is 5.11 Å². The van der Waals surface area contributed by atoms with E-state index in [1.165, 1.54) is 16.9 Å². The van der Waals surface area contributed by atoms with Crippen molar-refractivity contribution in [1.29, 1.82) is 0 Å². The molecule has 1 atom stereocenters. The van der Waals surface area contributed by atoms with Crippen LogP contribution in [0.4, 0.5) is 0 Å². The minimum Gasteiger partial charge on any atom is -0.396 e. The van der Waals surface area contributed by atoms with Crippen molar-refractivity contribution in [3.8, 4) is 0 Å². The first-order valence-electron chi connectivity index (χ1n) is 5.50. The van der Waals surface area contributed by atoms with Gasteiger partial charge >= 0.3 is 0 Å². The monoisotopic (exact) mass is 223 g/mol. The predicted octanol–water partition coefficient (Wildman–Crippen LogP) is 2.98. The molecule has 0 radical (unpaired) electrons. The molecule has 1 N–H and O–H groups in total. The molecule has 82 valence electrons. The molecule has 0 aromatic carbocycles. The third-order valence-corrected chi connectivity index (χ3v) is 4.33. The molecule has 1 aliphatic rings. The molecule has 2 nitrogen and oxygen atoms in total. The Bertz CT molecular complexity index is 381. The maximum atomic E-state index is 9.29. The molecular weight excluding hydrogens is 206 g/mol. The van der Waals surface area contributed by atoms with Crippen LogP contribution in [-0.4, -0.2) is 16.7 Å². The van der Waals surface area contributed by atoms with Gasteiger partial charge in [0.15, 0.2) is 0 Å². The molecule has 0 fully saturated rings. The molecule has 1 unspecified atom stereocenters. The molecule has 0 amide bonds. The molecular formula is C12H17NOS. The maximum absolute atomic E-state index is 9.29. The van der Waals surface area contributed by atoms with E-state index >= 15 is 0 Å². The standard InChI is InChI=1S/C12H17NOS/c1-3-8(2)12-13-11-9(7-14)5-4-6-10(11)15-12/h3,9,14H,4-7H2,1-2H3/b8-3+. The summed E-state index contributed by atoms with van der Waals surface area (Å²) in [6.45, 7) is 4.38. The predicted molar refractivity (Wildman–Crippen MR) is 64.2 cm³/mol. The minimum absolute atomic E-state index is 0.241. The molecule has 0 spiro atoms. The van der Waals surface area contributed by atoms with Gasteiger partial charge in [0, 0.05) is 10.8 Å². The molecule has 1 aromatic rings. The second-order valence-corrected chi connectivity index (χ2v) is 5.15. The number of rotatable bonds is 2. The van der Waals surface area contributed by atoms with E-state index in [4.69, 9.17) is 0 Å². The van der Waals surface area contributed by atoms with E-state index in [2.05, 4.69) is 18.0 Å². The highest BCUT2D eigenvalue weighted by molar-refractivity contribution is 7.12. The number of hydrogen-bond donors (Lipinski definition) is 1. The van der Waals surface area contributed by atoms with Gasteiger partial charge in [-0.15, -0.1) is 11.3 Å². The van der Waals surface area contributed by atoms with Crippen LogP contribution in [0.1, 0.15) is 48.2 Å². The van der Waals surface area contributed by atoms with Gasteiger partial charge in [-0.25, -0.2) is 4.98 Å². The summed E-state index contributed by atoms with van der Waals surface area (Å²) >= 11 is 1.80. The molecule has 0 saturated carbocycles. The van der Waals surface area contributed by atoms with Crippen LogP contribution in [0, 0.1) is 0 Å². The zero-order valence-corrected chi connectivity index (χ0v) is 10.1. The quantitative estimate of drug-likeness (QED) is 0.836. The second-order valence-electron chi connectivity index (χ2n) is 4.07. The molecule has 2 rings (SSSR count). The Morgan fingerprint density at radius 3 is 3.13 bits per heavy atom. The normalized spacial score (nSPS) is 21.5. The fourth-order valence-electron chi connectivity index (χ4n) is 1.98. The van der Waals surface area contributed by atoms with Gasteiger partial charge in [-0.2, -0.15) is 0 Å². The van der Waals surface area contributed by atoms with Crippen molar-refractivity contribution >= 4 is 16.9 Å². The van der Waals surface area contributed by atoms with Crippen LogP contribution in [0.15, 0.2) is 6.08 Å². The number of aromatic nitrogens is 1. The van der Waals surface area contributed by atoms with Gasteiger partial charge in [0.1, 0.15) is 5.01 Å². The lowest BCUT2D eigenvalue weighted by atomic mass is 9.92. The number of nitrogens with zero attached hydrogens (tertiary/aromatic N) is 1. The van der Waals surface area contributed by atoms with Crippen LogP contribution in [0.5, 0.6) is 0 Å². The third kappa shape index (κ3) is 1.99. The molecule has 0 saturated heterocycles. The lowest BCUT2D eigenvalue weighted by molar-refractivity contribution is 0.251. The first kappa shape index (κ1) is 10.8. The van der Waals surface area contributed by atoms with Crippen LogP contribution >= 0.6 is 11.3 Å². The Morgan fingerprint density at radius 2 is 2.47 bits per heavy atom. The Morgan fingerprint density at radius 1 is 1.67 bits per heavy atom. The van der Waals surface area contributed by atoms with E-state index in [-0.39, 0.29) is 12.5 Å². The summed E-state index contributed by atoms with van der Waals surface area (Å²) in [7, 11) is 0. The average molecular weight is 223 g/mol. The van der Waals surface area contributed by atoms with Crippen molar-refractivity contribution < 1.29 is 5.11 Å². The molecule has 0 bridgehead atoms. The van der Waals surface area contributed by atoms with Crippen molar-refractivity contribution in [3.05, 3.63) is 21.7 Å². The average Bonchev–Trinajstić information content (AvgIpc) is 2.71. The Kier molecular flexibility index (Phi) is 3.22. The third-order valence-electron chi connectivity index (χ3n) is 3.06. The molecule has 15 heavy (non-hydrogen) atoms. The number of fused-ring (bicyclic) bond motifs is 1. The summed E-state index contributed by atoms with van der Waals surface area (Å²) in [6.07, 6.45) is 5.51. The number of allylic oxidation sites excluding steroid dienone is 2. The topological polar surface area (TPSA) is 33.1 Å². The van der Waals surface area contributed by atoms with Crippen molar-refractivity contribution in [1.82, 2.24) is 4.98 Å². The summed E-state index contributed by atoms with van der Waals surface area (Å²) in [5, 5.41) is 10.4.